The number of methoxy groups -OCH3 is 2. The Morgan fingerprint density at radius 2 is 1.30 bits per heavy atom. The first kappa shape index (κ1) is 27.2. The van der Waals surface area contributed by atoms with Crippen molar-refractivity contribution >= 4 is 35.2 Å². The van der Waals surface area contributed by atoms with Crippen LogP contribution in [0.5, 0.6) is 11.5 Å². The number of carbonyl (C=O) groups is 2. The van der Waals surface area contributed by atoms with E-state index >= 15 is 0 Å². The summed E-state index contributed by atoms with van der Waals surface area (Å²) in [5, 5.41) is 3.07. The highest BCUT2D eigenvalue weighted by atomic mass is 16.5. The quantitative estimate of drug-likeness (QED) is 0.393. The predicted octanol–water partition coefficient (Wildman–Crippen LogP) is 5.63. The van der Waals surface area contributed by atoms with E-state index in [-0.39, 0.29) is 17.6 Å². The zero-order valence-electron chi connectivity index (χ0n) is 22.9. The van der Waals surface area contributed by atoms with Gasteiger partial charge in [-0.05, 0) is 84.7 Å². The first-order chi connectivity index (χ1) is 19.5. The molecule has 7 nitrogen and oxygen atoms in total. The van der Waals surface area contributed by atoms with Gasteiger partial charge in [0.1, 0.15) is 11.5 Å². The molecule has 40 heavy (non-hydrogen) atoms. The molecule has 0 atom stereocenters. The smallest absolute Gasteiger partial charge is 0.228 e. The summed E-state index contributed by atoms with van der Waals surface area (Å²) < 4.78 is 16.0. The number of allylic oxidation sites excluding steroid dienone is 2. The summed E-state index contributed by atoms with van der Waals surface area (Å²) in [6, 6.07) is 23.0. The highest BCUT2D eigenvalue weighted by molar-refractivity contribution is 6.15. The number of anilines is 2. The molecule has 0 bridgehead atoms. The molecule has 7 heteroatoms. The van der Waals surface area contributed by atoms with E-state index < -0.39 is 0 Å². The maximum absolute atomic E-state index is 13.6. The molecule has 206 valence electrons. The van der Waals surface area contributed by atoms with Gasteiger partial charge < -0.3 is 24.4 Å². The molecular weight excluding hydrogens is 504 g/mol. The van der Waals surface area contributed by atoms with Crippen LogP contribution in [-0.4, -0.2) is 52.2 Å². The van der Waals surface area contributed by atoms with E-state index in [0.717, 1.165) is 60.3 Å². The summed E-state index contributed by atoms with van der Waals surface area (Å²) in [6.07, 6.45) is 4.48. The third kappa shape index (κ3) is 6.61. The van der Waals surface area contributed by atoms with E-state index in [4.69, 9.17) is 14.2 Å². The van der Waals surface area contributed by atoms with E-state index in [2.05, 4.69) is 10.2 Å². The second-order valence-electron chi connectivity index (χ2n) is 9.96. The fourth-order valence-corrected chi connectivity index (χ4v) is 5.05. The third-order valence-electron chi connectivity index (χ3n) is 7.31. The van der Waals surface area contributed by atoms with Crippen molar-refractivity contribution in [2.45, 2.75) is 12.8 Å². The molecule has 0 radical (unpaired) electrons. The molecule has 1 heterocycles. The lowest BCUT2D eigenvalue weighted by molar-refractivity contribution is -0.120. The standard InChI is InChI=1S/C33H34N2O5/c1-38-30-11-3-23(4-12-30)19-25-21-27(22-26(32(25)36)20-24-5-13-31(39-2)14-6-24)33(37)34-28-7-9-29(10-8-28)35-15-17-40-18-16-35/h3-14,19-20,27H,15-18,21-22H2,1-2H3,(H,34,37)/b25-19+,26-20+. The molecule has 1 N–H and O–H groups in total. The number of nitrogens with one attached hydrogen (secondary N) is 1. The van der Waals surface area contributed by atoms with E-state index in [1.807, 2.05) is 84.9 Å². The number of ketones is 1. The highest BCUT2D eigenvalue weighted by Gasteiger charge is 2.32. The average Bonchev–Trinajstić information content (AvgIpc) is 3.00. The van der Waals surface area contributed by atoms with E-state index in [0.29, 0.717) is 24.0 Å². The summed E-state index contributed by atoms with van der Waals surface area (Å²) in [6.45, 7) is 3.15. The lowest BCUT2D eigenvalue weighted by Gasteiger charge is -2.29. The van der Waals surface area contributed by atoms with E-state index in [1.54, 1.807) is 14.2 Å². The SMILES string of the molecule is COc1ccc(/C=C2\CC(C(=O)Nc3ccc(N4CCOCC4)cc3)C/C(=C\c3ccc(OC)cc3)C2=O)cc1. The van der Waals surface area contributed by atoms with Crippen LogP contribution in [0.1, 0.15) is 24.0 Å². The summed E-state index contributed by atoms with van der Waals surface area (Å²) in [5.74, 6) is 0.965. The molecule has 3 aromatic carbocycles. The van der Waals surface area contributed by atoms with Gasteiger partial charge in [-0.3, -0.25) is 9.59 Å². The molecular formula is C33H34N2O5. The van der Waals surface area contributed by atoms with Crippen LogP contribution in [0.2, 0.25) is 0 Å². The van der Waals surface area contributed by atoms with Gasteiger partial charge in [0.25, 0.3) is 0 Å². The van der Waals surface area contributed by atoms with Crippen LogP contribution in [0.25, 0.3) is 12.2 Å². The Hall–Kier alpha value is -4.36. The molecule has 2 fully saturated rings. The van der Waals surface area contributed by atoms with Gasteiger partial charge in [-0.1, -0.05) is 24.3 Å². The number of amides is 1. The number of carbonyl (C=O) groups excluding carboxylic acids is 2. The summed E-state index contributed by atoms with van der Waals surface area (Å²) >= 11 is 0. The zero-order chi connectivity index (χ0) is 27.9. The number of ether oxygens (including phenoxy) is 3. The Bertz CT molecular complexity index is 1320. The van der Waals surface area contributed by atoms with Gasteiger partial charge in [0.2, 0.25) is 5.91 Å². The minimum Gasteiger partial charge on any atom is -0.497 e. The number of morpholine rings is 1. The van der Waals surface area contributed by atoms with Gasteiger partial charge in [-0.15, -0.1) is 0 Å². The zero-order valence-corrected chi connectivity index (χ0v) is 22.9. The van der Waals surface area contributed by atoms with Crippen LogP contribution < -0.4 is 19.7 Å². The molecule has 2 aliphatic rings. The molecule has 1 aliphatic heterocycles. The van der Waals surface area contributed by atoms with Crippen molar-refractivity contribution in [1.82, 2.24) is 0 Å². The van der Waals surface area contributed by atoms with E-state index in [9.17, 15) is 9.59 Å². The summed E-state index contributed by atoms with van der Waals surface area (Å²) in [7, 11) is 3.24. The molecule has 1 saturated carbocycles. The fraction of sp³-hybridized carbons (Fsp3) is 0.273. The highest BCUT2D eigenvalue weighted by Crippen LogP contribution is 2.34. The van der Waals surface area contributed by atoms with Crippen LogP contribution in [0.15, 0.2) is 83.9 Å². The summed E-state index contributed by atoms with van der Waals surface area (Å²) in [5.41, 5.74) is 4.83. The van der Waals surface area contributed by atoms with Gasteiger partial charge in [-0.2, -0.15) is 0 Å². The number of nitrogens with zero attached hydrogens (tertiary/aromatic N) is 1. The largest absolute Gasteiger partial charge is 0.497 e. The molecule has 0 aromatic heterocycles. The van der Waals surface area contributed by atoms with Gasteiger partial charge >= 0.3 is 0 Å². The molecule has 3 aromatic rings. The van der Waals surface area contributed by atoms with Crippen molar-refractivity contribution in [3.05, 3.63) is 95.1 Å². The predicted molar refractivity (Wildman–Crippen MR) is 158 cm³/mol. The second kappa shape index (κ2) is 12.7. The maximum atomic E-state index is 13.6. The van der Waals surface area contributed by atoms with Crippen LogP contribution in [0.4, 0.5) is 11.4 Å². The van der Waals surface area contributed by atoms with Crippen molar-refractivity contribution in [3.63, 3.8) is 0 Å². The number of hydrogen-bond donors (Lipinski definition) is 1. The third-order valence-corrected chi connectivity index (χ3v) is 7.31. The maximum Gasteiger partial charge on any atom is 0.228 e. The monoisotopic (exact) mass is 538 g/mol. The lowest BCUT2D eigenvalue weighted by atomic mass is 9.79. The van der Waals surface area contributed by atoms with Gasteiger partial charge in [0.15, 0.2) is 5.78 Å². The topological polar surface area (TPSA) is 77.1 Å². The Morgan fingerprint density at radius 3 is 1.77 bits per heavy atom. The average molecular weight is 539 g/mol. The van der Waals surface area contributed by atoms with Crippen molar-refractivity contribution < 1.29 is 23.8 Å². The Morgan fingerprint density at radius 1 is 0.800 bits per heavy atom. The van der Waals surface area contributed by atoms with Crippen LogP contribution in [0, 0.1) is 5.92 Å². The molecule has 0 unspecified atom stereocenters. The van der Waals surface area contributed by atoms with E-state index in [1.165, 1.54) is 0 Å². The first-order valence-electron chi connectivity index (χ1n) is 13.5. The van der Waals surface area contributed by atoms with Crippen molar-refractivity contribution in [1.29, 1.82) is 0 Å². The molecule has 1 amide bonds. The second-order valence-corrected chi connectivity index (χ2v) is 9.96. The number of rotatable bonds is 7. The summed E-state index contributed by atoms with van der Waals surface area (Å²) in [4.78, 5) is 29.3. The van der Waals surface area contributed by atoms with Gasteiger partial charge in [-0.25, -0.2) is 0 Å². The fourth-order valence-electron chi connectivity index (χ4n) is 5.05. The molecule has 1 saturated heterocycles. The minimum atomic E-state index is -0.384. The molecule has 1 aliphatic carbocycles. The van der Waals surface area contributed by atoms with Crippen LogP contribution in [-0.2, 0) is 14.3 Å². The van der Waals surface area contributed by atoms with Crippen molar-refractivity contribution in [2.24, 2.45) is 5.92 Å². The Balaban J connectivity index is 1.37. The van der Waals surface area contributed by atoms with Gasteiger partial charge in [0, 0.05) is 41.5 Å². The van der Waals surface area contributed by atoms with Gasteiger partial charge in [0.05, 0.1) is 27.4 Å². The molecule has 5 rings (SSSR count). The van der Waals surface area contributed by atoms with Crippen LogP contribution in [0.3, 0.4) is 0 Å². The van der Waals surface area contributed by atoms with Crippen LogP contribution >= 0.6 is 0 Å². The number of benzene rings is 3. The Labute approximate surface area is 235 Å². The normalized spacial score (nSPS) is 19.5. The number of hydrogen-bond acceptors (Lipinski definition) is 6. The van der Waals surface area contributed by atoms with Crippen molar-refractivity contribution in [2.75, 3.05) is 50.7 Å². The molecule has 0 spiro atoms. The lowest BCUT2D eigenvalue weighted by Crippen LogP contribution is -2.36. The Kier molecular flexibility index (Phi) is 8.62. The number of Topliss-reactive ketones (excluding diaryl/α,β-unsaturated/α-hetero) is 1. The van der Waals surface area contributed by atoms with Crippen molar-refractivity contribution in [3.8, 4) is 11.5 Å². The minimum absolute atomic E-state index is 0.0365. The first-order valence-corrected chi connectivity index (χ1v) is 13.5.